The number of sulfonamides is 1. The first-order chi connectivity index (χ1) is 11.6. The fourth-order valence-corrected chi connectivity index (χ4v) is 2.71. The number of carbonyl (C=O) groups excluding carboxylic acids is 1. The number of hydrogen-bond acceptors (Lipinski definition) is 7. The van der Waals surface area contributed by atoms with Gasteiger partial charge in [-0.1, -0.05) is 0 Å². The average Bonchev–Trinajstić information content (AvgIpc) is 2.56. The number of benzene rings is 1. The lowest BCUT2D eigenvalue weighted by molar-refractivity contribution is -0.385. The lowest BCUT2D eigenvalue weighted by Gasteiger charge is -2.11. The highest BCUT2D eigenvalue weighted by Crippen LogP contribution is 2.25. The van der Waals surface area contributed by atoms with Crippen molar-refractivity contribution in [3.05, 3.63) is 52.2 Å². The Morgan fingerprint density at radius 1 is 1.28 bits per heavy atom. The van der Waals surface area contributed by atoms with E-state index in [1.54, 1.807) is 0 Å². The van der Waals surface area contributed by atoms with Gasteiger partial charge in [-0.2, -0.15) is 0 Å². The minimum Gasteiger partial charge on any atom is -0.504 e. The summed E-state index contributed by atoms with van der Waals surface area (Å²) in [5, 5.41) is 22.6. The molecule has 0 radical (unpaired) electrons. The van der Waals surface area contributed by atoms with E-state index in [1.165, 1.54) is 38.4 Å². The van der Waals surface area contributed by atoms with E-state index in [0.29, 0.717) is 0 Å². The maximum atomic E-state index is 12.1. The summed E-state index contributed by atoms with van der Waals surface area (Å²) >= 11 is 0. The van der Waals surface area contributed by atoms with E-state index in [9.17, 15) is 28.4 Å². The van der Waals surface area contributed by atoms with Crippen LogP contribution in [-0.2, 0) is 10.0 Å². The predicted molar refractivity (Wildman–Crippen MR) is 87.8 cm³/mol. The molecule has 0 bridgehead atoms. The molecule has 1 heterocycles. The second-order valence-corrected chi connectivity index (χ2v) is 7.24. The number of anilines is 1. The van der Waals surface area contributed by atoms with Crippen LogP contribution in [0.1, 0.15) is 10.4 Å². The molecular formula is C14H14N4O6S. The number of hydrogen-bond donors (Lipinski definition) is 2. The number of pyridine rings is 1. The van der Waals surface area contributed by atoms with Crippen molar-refractivity contribution in [1.29, 1.82) is 0 Å². The van der Waals surface area contributed by atoms with Crippen LogP contribution >= 0.6 is 0 Å². The number of nitro groups is 1. The monoisotopic (exact) mass is 366 g/mol. The third kappa shape index (κ3) is 3.89. The molecule has 10 nitrogen and oxygen atoms in total. The van der Waals surface area contributed by atoms with Gasteiger partial charge in [-0.25, -0.2) is 17.7 Å². The fourth-order valence-electron chi connectivity index (χ4n) is 1.81. The van der Waals surface area contributed by atoms with Crippen molar-refractivity contribution >= 4 is 27.4 Å². The second-order valence-electron chi connectivity index (χ2n) is 5.08. The van der Waals surface area contributed by atoms with Crippen molar-refractivity contribution in [2.75, 3.05) is 19.4 Å². The minimum absolute atomic E-state index is 0.0189. The van der Waals surface area contributed by atoms with Crippen LogP contribution in [0.3, 0.4) is 0 Å². The van der Waals surface area contributed by atoms with Crippen molar-refractivity contribution in [2.45, 2.75) is 4.90 Å². The zero-order valence-corrected chi connectivity index (χ0v) is 14.0. The van der Waals surface area contributed by atoms with Gasteiger partial charge in [0.25, 0.3) is 11.6 Å². The lowest BCUT2D eigenvalue weighted by atomic mass is 10.2. The third-order valence-electron chi connectivity index (χ3n) is 3.19. The average molecular weight is 366 g/mol. The fraction of sp³-hybridized carbons (Fsp3) is 0.143. The molecule has 11 heteroatoms. The first kappa shape index (κ1) is 18.3. The van der Waals surface area contributed by atoms with Gasteiger partial charge in [-0.3, -0.25) is 14.9 Å². The van der Waals surface area contributed by atoms with E-state index in [1.807, 2.05) is 0 Å². The van der Waals surface area contributed by atoms with Gasteiger partial charge in [0.05, 0.1) is 15.9 Å². The molecule has 0 aliphatic rings. The molecule has 0 atom stereocenters. The molecule has 0 unspecified atom stereocenters. The summed E-state index contributed by atoms with van der Waals surface area (Å²) in [5.74, 6) is -1.47. The molecule has 0 saturated carbocycles. The van der Waals surface area contributed by atoms with Crippen LogP contribution in [0.5, 0.6) is 5.75 Å². The highest BCUT2D eigenvalue weighted by Gasteiger charge is 2.18. The van der Waals surface area contributed by atoms with Crippen molar-refractivity contribution in [3.63, 3.8) is 0 Å². The smallest absolute Gasteiger partial charge is 0.291 e. The molecule has 0 fully saturated rings. The number of nitrogens with one attached hydrogen (secondary N) is 1. The molecule has 2 aromatic rings. The predicted octanol–water partition coefficient (Wildman–Crippen LogP) is 1.20. The van der Waals surface area contributed by atoms with Gasteiger partial charge in [0, 0.05) is 19.7 Å². The molecule has 132 valence electrons. The zero-order chi connectivity index (χ0) is 18.8. The number of rotatable bonds is 5. The molecule has 0 saturated heterocycles. The molecule has 1 aromatic carbocycles. The standard InChI is InChI=1S/C14H14N4O6S/c1-17(2)25(23,24)11-5-3-9(4-6-11)14(20)16-13-12(19)7-10(8-15-13)18(21)22/h3-8,19H,1-2H3,(H,15,16,20). The second kappa shape index (κ2) is 6.83. The molecule has 25 heavy (non-hydrogen) atoms. The van der Waals surface area contributed by atoms with E-state index < -0.39 is 32.3 Å². The summed E-state index contributed by atoms with van der Waals surface area (Å²) in [6, 6.07) is 6.00. The number of amides is 1. The summed E-state index contributed by atoms with van der Waals surface area (Å²) < 4.78 is 25.0. The third-order valence-corrected chi connectivity index (χ3v) is 5.02. The summed E-state index contributed by atoms with van der Waals surface area (Å²) in [7, 11) is -0.837. The van der Waals surface area contributed by atoms with E-state index in [2.05, 4.69) is 10.3 Å². The summed E-state index contributed by atoms with van der Waals surface area (Å²) in [4.78, 5) is 25.6. The Morgan fingerprint density at radius 2 is 1.88 bits per heavy atom. The first-order valence-electron chi connectivity index (χ1n) is 6.80. The lowest BCUT2D eigenvalue weighted by Crippen LogP contribution is -2.22. The number of aromatic hydroxyl groups is 1. The van der Waals surface area contributed by atoms with Crippen LogP contribution in [0.25, 0.3) is 0 Å². The Kier molecular flexibility index (Phi) is 4.99. The van der Waals surface area contributed by atoms with Crippen LogP contribution in [0.4, 0.5) is 11.5 Å². The van der Waals surface area contributed by atoms with Crippen molar-refractivity contribution in [1.82, 2.24) is 9.29 Å². The Morgan fingerprint density at radius 3 is 2.36 bits per heavy atom. The van der Waals surface area contributed by atoms with Gasteiger partial charge in [-0.05, 0) is 24.3 Å². The highest BCUT2D eigenvalue weighted by molar-refractivity contribution is 7.89. The zero-order valence-electron chi connectivity index (χ0n) is 13.2. The minimum atomic E-state index is -3.61. The maximum Gasteiger partial charge on any atom is 0.291 e. The number of aromatic nitrogens is 1. The van der Waals surface area contributed by atoms with E-state index in [4.69, 9.17) is 0 Å². The highest BCUT2D eigenvalue weighted by atomic mass is 32.2. The van der Waals surface area contributed by atoms with Gasteiger partial charge in [0.15, 0.2) is 11.6 Å². The Hall–Kier alpha value is -3.05. The summed E-state index contributed by atoms with van der Waals surface area (Å²) in [6.07, 6.45) is 0.891. The summed E-state index contributed by atoms with van der Waals surface area (Å²) in [5.41, 5.74) is -0.300. The molecule has 1 aromatic heterocycles. The quantitative estimate of drug-likeness (QED) is 0.598. The van der Waals surface area contributed by atoms with Crippen LogP contribution in [0, 0.1) is 10.1 Å². The van der Waals surface area contributed by atoms with Crippen LogP contribution in [0.2, 0.25) is 0 Å². The first-order valence-corrected chi connectivity index (χ1v) is 8.24. The van der Waals surface area contributed by atoms with Gasteiger partial charge in [-0.15, -0.1) is 0 Å². The van der Waals surface area contributed by atoms with Crippen LogP contribution < -0.4 is 5.32 Å². The van der Waals surface area contributed by atoms with Gasteiger partial charge in [0.1, 0.15) is 6.20 Å². The van der Waals surface area contributed by atoms with Crippen molar-refractivity contribution in [3.8, 4) is 5.75 Å². The maximum absolute atomic E-state index is 12.1. The Bertz CT molecular complexity index is 925. The molecule has 0 aliphatic carbocycles. The topological polar surface area (TPSA) is 143 Å². The molecule has 0 spiro atoms. The number of nitrogens with zero attached hydrogens (tertiary/aromatic N) is 3. The van der Waals surface area contributed by atoms with E-state index in [0.717, 1.165) is 16.6 Å². The van der Waals surface area contributed by atoms with Gasteiger partial charge in [0.2, 0.25) is 10.0 Å². The Balaban J connectivity index is 2.21. The van der Waals surface area contributed by atoms with E-state index >= 15 is 0 Å². The van der Waals surface area contributed by atoms with Crippen LogP contribution in [-0.4, -0.2) is 47.7 Å². The molecule has 1 amide bonds. The SMILES string of the molecule is CN(C)S(=O)(=O)c1ccc(C(=O)Nc2ncc([N+](=O)[O-])cc2O)cc1. The molecule has 2 rings (SSSR count). The van der Waals surface area contributed by atoms with Gasteiger partial charge >= 0.3 is 0 Å². The van der Waals surface area contributed by atoms with E-state index in [-0.39, 0.29) is 16.3 Å². The molecule has 0 aliphatic heterocycles. The van der Waals surface area contributed by atoms with Crippen molar-refractivity contribution < 1.29 is 23.2 Å². The van der Waals surface area contributed by atoms with Crippen LogP contribution in [0.15, 0.2) is 41.4 Å². The Labute approximate surface area is 142 Å². The number of carbonyl (C=O) groups is 1. The molecule has 2 N–H and O–H groups in total. The van der Waals surface area contributed by atoms with Crippen molar-refractivity contribution in [2.24, 2.45) is 0 Å². The normalized spacial score (nSPS) is 11.3. The molecular weight excluding hydrogens is 352 g/mol. The summed E-state index contributed by atoms with van der Waals surface area (Å²) in [6.45, 7) is 0. The van der Waals surface area contributed by atoms with Gasteiger partial charge < -0.3 is 10.4 Å². The largest absolute Gasteiger partial charge is 0.504 e.